The molecule has 4 aliphatic heterocycles. The van der Waals surface area contributed by atoms with Crippen LogP contribution in [-0.2, 0) is 47.4 Å². The van der Waals surface area contributed by atoms with Crippen molar-refractivity contribution in [2.75, 3.05) is 33.0 Å². The first-order chi connectivity index (χ1) is 36.4. The number of hydrogen-bond acceptors (Lipinski definition) is 24. The molecular weight excluding hydrogens is 1020 g/mol. The van der Waals surface area contributed by atoms with Crippen LogP contribution in [0.2, 0.25) is 0 Å². The molecule has 0 radical (unpaired) electrons. The second-order valence-corrected chi connectivity index (χ2v) is 23.8. The largest absolute Gasteiger partial charge is 0.463 e. The van der Waals surface area contributed by atoms with Crippen LogP contribution in [0.15, 0.2) is 23.8 Å². The van der Waals surface area contributed by atoms with Crippen LogP contribution >= 0.6 is 0 Å². The van der Waals surface area contributed by atoms with Crippen LogP contribution in [0.5, 0.6) is 0 Å². The molecule has 4 heterocycles. The van der Waals surface area contributed by atoms with Crippen molar-refractivity contribution in [3.05, 3.63) is 23.8 Å². The minimum atomic E-state index is -2.01. The van der Waals surface area contributed by atoms with Crippen LogP contribution in [0.25, 0.3) is 0 Å². The highest BCUT2D eigenvalue weighted by molar-refractivity contribution is 5.65. The van der Waals surface area contributed by atoms with Crippen molar-refractivity contribution in [2.24, 2.45) is 52.3 Å². The fourth-order valence-corrected chi connectivity index (χ4v) is 14.2. The first-order valence-corrected chi connectivity index (χ1v) is 27.4. The number of hydrogen-bond donors (Lipinski definition) is 14. The molecule has 8 rings (SSSR count). The minimum Gasteiger partial charge on any atom is -0.463 e. The summed E-state index contributed by atoms with van der Waals surface area (Å²) in [5.41, 5.74) is -0.0346. The van der Waals surface area contributed by atoms with Crippen molar-refractivity contribution < 1.29 is 119 Å². The third-order valence-corrected chi connectivity index (χ3v) is 19.0. The van der Waals surface area contributed by atoms with Gasteiger partial charge in [-0.15, -0.1) is 0 Å². The van der Waals surface area contributed by atoms with Gasteiger partial charge in [0.05, 0.1) is 32.0 Å². The molecule has 4 aliphatic carbocycles. The fourth-order valence-electron chi connectivity index (χ4n) is 14.2. The van der Waals surface area contributed by atoms with Crippen LogP contribution in [0.4, 0.5) is 0 Å². The van der Waals surface area contributed by atoms with Crippen LogP contribution in [0.1, 0.15) is 80.1 Å². The maximum atomic E-state index is 12.5. The normalized spacial score (nSPS) is 50.1. The van der Waals surface area contributed by atoms with E-state index in [1.54, 1.807) is 0 Å². The molecule has 30 atom stereocenters. The molecule has 0 aromatic rings. The Kier molecular flexibility index (Phi) is 19.8. The smallest absolute Gasteiger partial charge is 0.302 e. The summed E-state index contributed by atoms with van der Waals surface area (Å²) in [6.07, 6.45) is -27.3. The molecule has 0 aromatic carbocycles. The Labute approximate surface area is 448 Å². The summed E-state index contributed by atoms with van der Waals surface area (Å²) < 4.78 is 53.7. The molecule has 4 saturated heterocycles. The van der Waals surface area contributed by atoms with Gasteiger partial charge in [0.25, 0.3) is 0 Å². The first-order valence-electron chi connectivity index (χ1n) is 27.4. The van der Waals surface area contributed by atoms with E-state index in [4.69, 9.17) is 42.6 Å². The Morgan fingerprint density at radius 1 is 0.675 bits per heavy atom. The van der Waals surface area contributed by atoms with Gasteiger partial charge in [0.1, 0.15) is 104 Å². The summed E-state index contributed by atoms with van der Waals surface area (Å²) in [5, 5.41) is 154. The van der Waals surface area contributed by atoms with Crippen LogP contribution in [-0.4, -0.2) is 246 Å². The Morgan fingerprint density at radius 3 is 1.84 bits per heavy atom. The van der Waals surface area contributed by atoms with Gasteiger partial charge < -0.3 is 114 Å². The van der Waals surface area contributed by atoms with E-state index in [2.05, 4.69) is 46.8 Å². The Balaban J connectivity index is 1.07. The number of carbonyl (C=O) groups excluding carboxylic acids is 1. The SMILES string of the molecule is CC(=O)OC[C@H]1O[C@@H](O[C@H]2CC[C@@]3(C)C(=CC[C@H]4[C@@H]5[C@@H](O)C[C@H]([C@H](/C=C/[C@H](C)C(C)C)CO)[C@@]5(C)CC[C@@H]43)[C@H]2O)[C@H](O)[C@@H](O[C@@H]2OC[C@@H](O)[C@@H](O)[C@@H]2O[C@H]2O[C@H](CO)[C@H](O)[C@H](O)[C@H]2O)[C@@H]1O[C@@H]1O[C@H](CO)[C@H](O)[C@H](O)[C@H]1O. The van der Waals surface area contributed by atoms with E-state index >= 15 is 0 Å². The second kappa shape index (κ2) is 24.9. The number of aliphatic hydroxyl groups excluding tert-OH is 14. The predicted octanol–water partition coefficient (Wildman–Crippen LogP) is -3.17. The van der Waals surface area contributed by atoms with Crippen molar-refractivity contribution in [3.8, 4) is 0 Å². The van der Waals surface area contributed by atoms with E-state index < -0.39 is 173 Å². The van der Waals surface area contributed by atoms with Gasteiger partial charge in [0, 0.05) is 19.4 Å². The first kappa shape index (κ1) is 61.1. The van der Waals surface area contributed by atoms with Gasteiger partial charge in [-0.1, -0.05) is 52.8 Å². The van der Waals surface area contributed by atoms with Crippen LogP contribution in [0, 0.1) is 52.3 Å². The van der Waals surface area contributed by atoms with Crippen molar-refractivity contribution in [1.29, 1.82) is 0 Å². The van der Waals surface area contributed by atoms with Crippen LogP contribution in [0.3, 0.4) is 0 Å². The molecule has 77 heavy (non-hydrogen) atoms. The lowest BCUT2D eigenvalue weighted by molar-refractivity contribution is -0.397. The third-order valence-electron chi connectivity index (χ3n) is 19.0. The van der Waals surface area contributed by atoms with Gasteiger partial charge in [-0.3, -0.25) is 4.79 Å². The van der Waals surface area contributed by atoms with E-state index in [0.29, 0.717) is 31.1 Å². The van der Waals surface area contributed by atoms with Gasteiger partial charge in [-0.25, -0.2) is 0 Å². The van der Waals surface area contributed by atoms with Gasteiger partial charge >= 0.3 is 5.97 Å². The zero-order chi connectivity index (χ0) is 56.2. The lowest BCUT2D eigenvalue weighted by atomic mass is 9.46. The molecule has 3 saturated carbocycles. The summed E-state index contributed by atoms with van der Waals surface area (Å²) in [4.78, 5) is 12.4. The summed E-state index contributed by atoms with van der Waals surface area (Å²) >= 11 is 0. The molecule has 7 fully saturated rings. The second-order valence-electron chi connectivity index (χ2n) is 23.8. The monoisotopic (exact) mass is 1110 g/mol. The topological polar surface area (TPSA) is 383 Å². The molecular formula is C53H86O24. The highest BCUT2D eigenvalue weighted by atomic mass is 16.8. The third kappa shape index (κ3) is 11.9. The van der Waals surface area contributed by atoms with E-state index in [-0.39, 0.29) is 48.0 Å². The van der Waals surface area contributed by atoms with E-state index in [1.165, 1.54) is 0 Å². The highest BCUT2D eigenvalue weighted by Crippen LogP contribution is 2.67. The molecule has 24 heteroatoms. The van der Waals surface area contributed by atoms with Gasteiger partial charge in [0.2, 0.25) is 0 Å². The number of ether oxygens (including phenoxy) is 9. The standard InChI is InChI=1S/C53H86O24/c1-21(2)22(3)7-8-24(16-54)28-15-29(58)35-25-9-10-27-36(60)31(12-14-52(27,5)26(25)11-13-53(28,35)6)71-50-44(68)46(45(34(74-50)20-69-23(4)57)75-48-42(66)40(64)38(62)32(17-55)72-48)76-51-47(37(61)30(59)19-70-51)77-49-43(67)41(65)39(63)33(18-56)73-49/h7-8,10,21-22,24-26,28-51,54-56,58-68H,9,11-20H2,1-6H3/b8-7+/t22-,24+,25+,26-,28+,29-,30+,31-,32+,33+,34+,35+,36+,37+,38-,39-,40-,41-,42+,43+,44+,45+,46+,47-,48-,49+,50+,51-,52+,53+/m0/s1. The number of esters is 1. The number of rotatable bonds is 17. The minimum absolute atomic E-state index is 0.0186. The molecule has 8 aliphatic rings. The van der Waals surface area contributed by atoms with Gasteiger partial charge in [-0.2, -0.15) is 0 Å². The molecule has 0 unspecified atom stereocenters. The maximum Gasteiger partial charge on any atom is 0.302 e. The average molecular weight is 1110 g/mol. The van der Waals surface area contributed by atoms with Crippen LogP contribution < -0.4 is 0 Å². The van der Waals surface area contributed by atoms with E-state index in [1.807, 2.05) is 6.08 Å². The van der Waals surface area contributed by atoms with Crippen molar-refractivity contribution in [1.82, 2.24) is 0 Å². The van der Waals surface area contributed by atoms with E-state index in [9.17, 15) is 76.3 Å². The number of fused-ring (bicyclic) bond motifs is 5. The fraction of sp³-hybridized carbons (Fsp3) is 0.906. The quantitative estimate of drug-likeness (QED) is 0.0505. The van der Waals surface area contributed by atoms with Crippen molar-refractivity contribution in [2.45, 2.75) is 215 Å². The molecule has 24 nitrogen and oxygen atoms in total. The summed E-state index contributed by atoms with van der Waals surface area (Å²) in [6, 6.07) is 0. The lowest BCUT2D eigenvalue weighted by Crippen LogP contribution is -2.68. The zero-order valence-electron chi connectivity index (χ0n) is 44.6. The molecule has 442 valence electrons. The summed E-state index contributed by atoms with van der Waals surface area (Å²) in [5.74, 6) is 0.0546. The highest BCUT2D eigenvalue weighted by Gasteiger charge is 2.64. The Morgan fingerprint density at radius 2 is 1.26 bits per heavy atom. The van der Waals surface area contributed by atoms with E-state index in [0.717, 1.165) is 25.3 Å². The maximum absolute atomic E-state index is 12.5. The molecule has 14 N–H and O–H groups in total. The molecule has 0 bridgehead atoms. The number of aliphatic hydroxyl groups is 14. The van der Waals surface area contributed by atoms with Gasteiger partial charge in [0.15, 0.2) is 25.2 Å². The van der Waals surface area contributed by atoms with Crippen molar-refractivity contribution >= 4 is 5.97 Å². The summed E-state index contributed by atoms with van der Waals surface area (Å²) in [7, 11) is 0. The predicted molar refractivity (Wildman–Crippen MR) is 262 cm³/mol. The average Bonchev–Trinajstić information content (AvgIpc) is 3.85. The van der Waals surface area contributed by atoms with Gasteiger partial charge in [-0.05, 0) is 90.4 Å². The lowest BCUT2D eigenvalue weighted by Gasteiger charge is -2.59. The Hall–Kier alpha value is -1.93. The zero-order valence-corrected chi connectivity index (χ0v) is 44.6. The molecule has 0 amide bonds. The molecule has 0 aromatic heterocycles. The summed E-state index contributed by atoms with van der Waals surface area (Å²) in [6.45, 7) is 9.01. The molecule has 0 spiro atoms. The van der Waals surface area contributed by atoms with Crippen molar-refractivity contribution in [3.63, 3.8) is 0 Å². The Bertz CT molecular complexity index is 2010. The number of allylic oxidation sites excluding steroid dienone is 2. The number of carbonyl (C=O) groups is 1.